The monoisotopic (exact) mass is 360 g/mol. The van der Waals surface area contributed by atoms with E-state index in [0.29, 0.717) is 19.4 Å². The van der Waals surface area contributed by atoms with Crippen molar-refractivity contribution in [3.8, 4) is 0 Å². The Labute approximate surface area is 152 Å². The molecule has 2 amide bonds. The first-order valence-corrected chi connectivity index (χ1v) is 8.82. The molecule has 0 spiro atoms. The van der Waals surface area contributed by atoms with E-state index in [-0.39, 0.29) is 11.9 Å². The van der Waals surface area contributed by atoms with E-state index in [0.717, 1.165) is 5.56 Å². The third kappa shape index (κ3) is 3.81. The lowest BCUT2D eigenvalue weighted by atomic mass is 9.94. The maximum Gasteiger partial charge on any atom is 0.411 e. The van der Waals surface area contributed by atoms with Crippen molar-refractivity contribution in [1.82, 2.24) is 10.2 Å². The van der Waals surface area contributed by atoms with Crippen molar-refractivity contribution in [1.29, 1.82) is 0 Å². The maximum absolute atomic E-state index is 12.6. The van der Waals surface area contributed by atoms with Gasteiger partial charge >= 0.3 is 12.1 Å². The Morgan fingerprint density at radius 1 is 1.19 bits per heavy atom. The highest BCUT2D eigenvalue weighted by Gasteiger charge is 2.46. The van der Waals surface area contributed by atoms with Gasteiger partial charge in [0.2, 0.25) is 6.10 Å². The van der Waals surface area contributed by atoms with Crippen LogP contribution in [0.5, 0.6) is 0 Å². The van der Waals surface area contributed by atoms with Crippen LogP contribution in [0, 0.1) is 0 Å². The second-order valence-electron chi connectivity index (χ2n) is 7.59. The van der Waals surface area contributed by atoms with Gasteiger partial charge in [-0.05, 0) is 39.2 Å². The fourth-order valence-electron chi connectivity index (χ4n) is 3.16. The van der Waals surface area contributed by atoms with Crippen molar-refractivity contribution >= 4 is 18.0 Å². The number of amides is 2. The lowest BCUT2D eigenvalue weighted by Gasteiger charge is -2.37. The van der Waals surface area contributed by atoms with Gasteiger partial charge in [-0.2, -0.15) is 0 Å². The summed E-state index contributed by atoms with van der Waals surface area (Å²) < 4.78 is 10.8. The van der Waals surface area contributed by atoms with Crippen molar-refractivity contribution in [2.45, 2.75) is 57.4 Å². The minimum atomic E-state index is -0.869. The van der Waals surface area contributed by atoms with Gasteiger partial charge in [-0.3, -0.25) is 9.69 Å². The molecule has 2 aliphatic rings. The predicted octanol–water partition coefficient (Wildman–Crippen LogP) is 2.17. The van der Waals surface area contributed by atoms with E-state index < -0.39 is 29.8 Å². The van der Waals surface area contributed by atoms with E-state index in [1.807, 2.05) is 30.3 Å². The van der Waals surface area contributed by atoms with Gasteiger partial charge < -0.3 is 14.8 Å². The molecule has 2 fully saturated rings. The van der Waals surface area contributed by atoms with E-state index in [4.69, 9.17) is 9.47 Å². The van der Waals surface area contributed by atoms with Crippen LogP contribution in [0.15, 0.2) is 30.3 Å². The molecular weight excluding hydrogens is 336 g/mol. The van der Waals surface area contributed by atoms with Crippen molar-refractivity contribution < 1.29 is 23.9 Å². The van der Waals surface area contributed by atoms with E-state index in [1.54, 1.807) is 20.8 Å². The molecule has 3 atom stereocenters. The maximum atomic E-state index is 12.6. The number of ether oxygens (including phenoxy) is 2. The van der Waals surface area contributed by atoms with E-state index in [9.17, 15) is 14.4 Å². The highest BCUT2D eigenvalue weighted by atomic mass is 16.6. The van der Waals surface area contributed by atoms with Gasteiger partial charge in [0.15, 0.2) is 0 Å². The molecule has 0 saturated carbocycles. The predicted molar refractivity (Wildman–Crippen MR) is 93.2 cm³/mol. The molecule has 26 heavy (non-hydrogen) atoms. The quantitative estimate of drug-likeness (QED) is 0.660. The second-order valence-corrected chi connectivity index (χ2v) is 7.59. The Morgan fingerprint density at radius 3 is 2.50 bits per heavy atom. The number of β-lactam (4-membered cyclic amide) rings is 1. The first-order chi connectivity index (χ1) is 12.3. The van der Waals surface area contributed by atoms with Crippen molar-refractivity contribution in [2.75, 3.05) is 6.54 Å². The third-order valence-electron chi connectivity index (χ3n) is 4.41. The fourth-order valence-corrected chi connectivity index (χ4v) is 3.16. The first-order valence-electron chi connectivity index (χ1n) is 8.82. The summed E-state index contributed by atoms with van der Waals surface area (Å²) in [6.07, 6.45) is -0.207. The van der Waals surface area contributed by atoms with Crippen LogP contribution in [0.3, 0.4) is 0 Å². The standard InChI is InChI=1S/C19H24N2O5/c1-19(2,3)26-18(24)21-11-7-10-13(21)17(23)25-15-14(20-16(15)22)12-8-5-4-6-9-12/h4-6,8-9,13-15H,7,10-11H2,1-3H3,(H,20,22)/t13-,14-,15+/m0/s1. The molecule has 2 saturated heterocycles. The number of nitrogens with one attached hydrogen (secondary N) is 1. The average Bonchev–Trinajstić information content (AvgIpc) is 3.06. The van der Waals surface area contributed by atoms with Crippen LogP contribution in [0.4, 0.5) is 4.79 Å². The smallest absolute Gasteiger partial charge is 0.411 e. The molecule has 7 heteroatoms. The number of rotatable bonds is 3. The van der Waals surface area contributed by atoms with Crippen LogP contribution in [0.2, 0.25) is 0 Å². The van der Waals surface area contributed by atoms with Gasteiger partial charge in [0.25, 0.3) is 5.91 Å². The second kappa shape index (κ2) is 6.97. The third-order valence-corrected chi connectivity index (χ3v) is 4.41. The Bertz CT molecular complexity index is 698. The van der Waals surface area contributed by atoms with E-state index >= 15 is 0 Å². The SMILES string of the molecule is CC(C)(C)OC(=O)N1CCC[C@H]1C(=O)O[C@H]1C(=O)N[C@H]1c1ccccc1. The average molecular weight is 360 g/mol. The Balaban J connectivity index is 1.65. The molecule has 0 bridgehead atoms. The van der Waals surface area contributed by atoms with Gasteiger partial charge in [0.1, 0.15) is 17.7 Å². The number of esters is 1. The van der Waals surface area contributed by atoms with Crippen LogP contribution in [-0.2, 0) is 19.1 Å². The number of hydrogen-bond acceptors (Lipinski definition) is 5. The summed E-state index contributed by atoms with van der Waals surface area (Å²) in [5.74, 6) is -0.886. The Hall–Kier alpha value is -2.57. The van der Waals surface area contributed by atoms with Crippen molar-refractivity contribution in [2.24, 2.45) is 0 Å². The molecule has 3 rings (SSSR count). The number of likely N-dealkylation sites (tertiary alicyclic amines) is 1. The van der Waals surface area contributed by atoms with E-state index in [1.165, 1.54) is 4.90 Å². The van der Waals surface area contributed by atoms with Gasteiger partial charge in [0, 0.05) is 6.54 Å². The first kappa shape index (κ1) is 18.2. The summed E-state index contributed by atoms with van der Waals surface area (Å²) in [6, 6.07) is 8.27. The molecule has 2 aliphatic heterocycles. The zero-order valence-corrected chi connectivity index (χ0v) is 15.2. The number of carbonyl (C=O) groups is 3. The largest absolute Gasteiger partial charge is 0.448 e. The summed E-state index contributed by atoms with van der Waals surface area (Å²) in [5, 5.41) is 2.75. The normalized spacial score (nSPS) is 25.3. The summed E-state index contributed by atoms with van der Waals surface area (Å²) in [7, 11) is 0. The molecular formula is C19H24N2O5. The lowest BCUT2D eigenvalue weighted by molar-refractivity contribution is -0.169. The minimum absolute atomic E-state index is 0.325. The molecule has 1 aromatic carbocycles. The van der Waals surface area contributed by atoms with Gasteiger partial charge in [-0.1, -0.05) is 30.3 Å². The molecule has 0 unspecified atom stereocenters. The van der Waals surface area contributed by atoms with Gasteiger partial charge in [-0.15, -0.1) is 0 Å². The minimum Gasteiger partial charge on any atom is -0.448 e. The molecule has 1 aromatic rings. The van der Waals surface area contributed by atoms with E-state index in [2.05, 4.69) is 5.32 Å². The molecule has 7 nitrogen and oxygen atoms in total. The van der Waals surface area contributed by atoms with Crippen molar-refractivity contribution in [3.63, 3.8) is 0 Å². The van der Waals surface area contributed by atoms with Crippen LogP contribution in [0.25, 0.3) is 0 Å². The van der Waals surface area contributed by atoms with Crippen LogP contribution in [0.1, 0.15) is 45.2 Å². The molecule has 0 aromatic heterocycles. The Morgan fingerprint density at radius 2 is 1.88 bits per heavy atom. The van der Waals surface area contributed by atoms with Crippen LogP contribution in [-0.4, -0.2) is 47.2 Å². The van der Waals surface area contributed by atoms with Gasteiger partial charge in [-0.25, -0.2) is 9.59 Å². The van der Waals surface area contributed by atoms with Crippen LogP contribution >= 0.6 is 0 Å². The number of carbonyl (C=O) groups excluding carboxylic acids is 3. The summed E-state index contributed by atoms with van der Waals surface area (Å²) in [4.78, 5) is 38.2. The molecule has 1 N–H and O–H groups in total. The van der Waals surface area contributed by atoms with Crippen molar-refractivity contribution in [3.05, 3.63) is 35.9 Å². The lowest BCUT2D eigenvalue weighted by Crippen LogP contribution is -2.59. The molecule has 140 valence electrons. The highest BCUT2D eigenvalue weighted by Crippen LogP contribution is 2.29. The fraction of sp³-hybridized carbons (Fsp3) is 0.526. The summed E-state index contributed by atoms with van der Waals surface area (Å²) in [6.45, 7) is 5.76. The molecule has 2 heterocycles. The Kier molecular flexibility index (Phi) is 4.89. The topological polar surface area (TPSA) is 84.9 Å². The number of hydrogen-bond donors (Lipinski definition) is 1. The summed E-state index contributed by atoms with van der Waals surface area (Å²) in [5.41, 5.74) is 0.237. The zero-order valence-electron chi connectivity index (χ0n) is 15.2. The molecule has 0 radical (unpaired) electrons. The van der Waals surface area contributed by atoms with Gasteiger partial charge in [0.05, 0.1) is 0 Å². The number of nitrogens with zero attached hydrogens (tertiary/aromatic N) is 1. The van der Waals surface area contributed by atoms with Crippen LogP contribution < -0.4 is 5.32 Å². The zero-order chi connectivity index (χ0) is 18.9. The number of benzene rings is 1. The highest BCUT2D eigenvalue weighted by molar-refractivity contribution is 5.92. The summed E-state index contributed by atoms with van der Waals surface area (Å²) >= 11 is 0. The molecule has 0 aliphatic carbocycles.